The molecular weight excluding hydrogens is 192 g/mol. The summed E-state index contributed by atoms with van der Waals surface area (Å²) in [6, 6.07) is 7.67. The van der Waals surface area contributed by atoms with Gasteiger partial charge in [0.05, 0.1) is 7.11 Å². The molecule has 0 heterocycles. The van der Waals surface area contributed by atoms with E-state index in [0.717, 1.165) is 16.3 Å². The van der Waals surface area contributed by atoms with Gasteiger partial charge in [0.25, 0.3) is 0 Å². The Bertz CT molecular complexity index is 337. The van der Waals surface area contributed by atoms with Crippen LogP contribution in [0.4, 0.5) is 0 Å². The summed E-state index contributed by atoms with van der Waals surface area (Å²) in [5.41, 5.74) is 1.07. The van der Waals surface area contributed by atoms with Gasteiger partial charge >= 0.3 is 0 Å². The van der Waals surface area contributed by atoms with Crippen molar-refractivity contribution < 1.29 is 9.53 Å². The summed E-state index contributed by atoms with van der Waals surface area (Å²) in [6.07, 6.45) is 1.09. The van der Waals surface area contributed by atoms with Gasteiger partial charge in [-0.15, -0.1) is 0 Å². The molecule has 0 aliphatic rings. The van der Waals surface area contributed by atoms with Crippen molar-refractivity contribution in [2.75, 3.05) is 14.2 Å². The van der Waals surface area contributed by atoms with E-state index in [1.165, 1.54) is 0 Å². The molecule has 15 heavy (non-hydrogen) atoms. The maximum atomic E-state index is 11.2. The summed E-state index contributed by atoms with van der Waals surface area (Å²) in [4.78, 5) is 11.2. The van der Waals surface area contributed by atoms with Crippen LogP contribution in [0.25, 0.3) is 0 Å². The lowest BCUT2D eigenvalue weighted by molar-refractivity contribution is -0.130. The van der Waals surface area contributed by atoms with Crippen molar-refractivity contribution in [1.29, 1.82) is 0 Å². The number of ether oxygens (including phenoxy) is 1. The summed E-state index contributed by atoms with van der Waals surface area (Å²) in [7, 11) is 3.17. The Kier molecular flexibility index (Phi) is 4.12. The Balaban J connectivity index is 2.54. The van der Waals surface area contributed by atoms with Gasteiger partial charge in [-0.3, -0.25) is 9.80 Å². The summed E-state index contributed by atoms with van der Waals surface area (Å²) < 4.78 is 5.09. The lowest BCUT2D eigenvalue weighted by atomic mass is 10.1. The highest BCUT2D eigenvalue weighted by Gasteiger charge is 2.04. The van der Waals surface area contributed by atoms with Gasteiger partial charge in [-0.05, 0) is 24.1 Å². The van der Waals surface area contributed by atoms with Crippen LogP contribution >= 0.6 is 0 Å². The van der Waals surface area contributed by atoms with E-state index in [1.807, 2.05) is 24.3 Å². The molecule has 0 unspecified atom stereocenters. The molecule has 1 rings (SSSR count). The topological polar surface area (TPSA) is 55.6 Å². The summed E-state index contributed by atoms with van der Waals surface area (Å²) in [5, 5.41) is 1.11. The number of benzene rings is 1. The van der Waals surface area contributed by atoms with Crippen LogP contribution in [0.3, 0.4) is 0 Å². The van der Waals surface area contributed by atoms with Crippen LogP contribution in [0.2, 0.25) is 0 Å². The molecule has 82 valence electrons. The quantitative estimate of drug-likeness (QED) is 0.455. The number of nitrogens with two attached hydrogens (primary N) is 1. The minimum absolute atomic E-state index is 0.0715. The highest BCUT2D eigenvalue weighted by molar-refractivity contribution is 5.75. The molecule has 0 radical (unpaired) electrons. The second-order valence-electron chi connectivity index (χ2n) is 3.36. The van der Waals surface area contributed by atoms with Gasteiger partial charge in [0.15, 0.2) is 0 Å². The molecule has 0 atom stereocenters. The number of hydrogen-bond donors (Lipinski definition) is 1. The zero-order valence-corrected chi connectivity index (χ0v) is 9.06. The molecule has 2 N–H and O–H groups in total. The molecule has 0 bridgehead atoms. The molecule has 0 spiro atoms. The zero-order chi connectivity index (χ0) is 11.3. The number of hydrogen-bond acceptors (Lipinski definition) is 3. The number of methoxy groups -OCH3 is 1. The summed E-state index contributed by atoms with van der Waals surface area (Å²) >= 11 is 0. The molecule has 0 aliphatic heterocycles. The SMILES string of the molecule is COc1cccc(CCC(=O)N(C)N)c1. The van der Waals surface area contributed by atoms with Crippen molar-refractivity contribution in [2.24, 2.45) is 5.84 Å². The maximum absolute atomic E-state index is 11.2. The van der Waals surface area contributed by atoms with Gasteiger partial charge in [-0.1, -0.05) is 12.1 Å². The number of amides is 1. The van der Waals surface area contributed by atoms with E-state index in [9.17, 15) is 4.79 Å². The predicted octanol–water partition coefficient (Wildman–Crippen LogP) is 0.960. The first kappa shape index (κ1) is 11.5. The van der Waals surface area contributed by atoms with E-state index in [4.69, 9.17) is 10.6 Å². The lowest BCUT2D eigenvalue weighted by Crippen LogP contribution is -2.33. The first-order chi connectivity index (χ1) is 7.13. The average molecular weight is 208 g/mol. The van der Waals surface area contributed by atoms with Crippen molar-refractivity contribution in [2.45, 2.75) is 12.8 Å². The number of hydrazine groups is 1. The minimum Gasteiger partial charge on any atom is -0.497 e. The Labute approximate surface area is 89.6 Å². The molecule has 0 saturated heterocycles. The molecule has 0 fully saturated rings. The van der Waals surface area contributed by atoms with E-state index < -0.39 is 0 Å². The third kappa shape index (κ3) is 3.59. The van der Waals surface area contributed by atoms with E-state index >= 15 is 0 Å². The van der Waals surface area contributed by atoms with Crippen LogP contribution in [0.15, 0.2) is 24.3 Å². The lowest BCUT2D eigenvalue weighted by Gasteiger charge is -2.09. The van der Waals surface area contributed by atoms with Crippen LogP contribution in [-0.4, -0.2) is 25.1 Å². The molecule has 0 aromatic heterocycles. The second-order valence-corrected chi connectivity index (χ2v) is 3.36. The number of nitrogens with zero attached hydrogens (tertiary/aromatic N) is 1. The van der Waals surface area contributed by atoms with Gasteiger partial charge in [0, 0.05) is 13.5 Å². The minimum atomic E-state index is -0.0715. The third-order valence-corrected chi connectivity index (χ3v) is 2.16. The van der Waals surface area contributed by atoms with Crippen molar-refractivity contribution >= 4 is 5.91 Å². The third-order valence-electron chi connectivity index (χ3n) is 2.16. The van der Waals surface area contributed by atoms with Crippen LogP contribution in [-0.2, 0) is 11.2 Å². The van der Waals surface area contributed by atoms with Gasteiger partial charge in [-0.25, -0.2) is 5.84 Å². The first-order valence-electron chi connectivity index (χ1n) is 4.77. The standard InChI is InChI=1S/C11H16N2O2/c1-13(12)11(14)7-6-9-4-3-5-10(8-9)15-2/h3-5,8H,6-7,12H2,1-2H3. The number of rotatable bonds is 4. The summed E-state index contributed by atoms with van der Waals surface area (Å²) in [6.45, 7) is 0. The largest absolute Gasteiger partial charge is 0.497 e. The van der Waals surface area contributed by atoms with E-state index in [2.05, 4.69) is 0 Å². The monoisotopic (exact) mass is 208 g/mol. The fourth-order valence-corrected chi connectivity index (χ4v) is 1.26. The van der Waals surface area contributed by atoms with E-state index in [1.54, 1.807) is 14.2 Å². The van der Waals surface area contributed by atoms with Gasteiger partial charge in [0.2, 0.25) is 5.91 Å². The average Bonchev–Trinajstić information content (AvgIpc) is 2.26. The molecule has 1 amide bonds. The van der Waals surface area contributed by atoms with Gasteiger partial charge in [0.1, 0.15) is 5.75 Å². The van der Waals surface area contributed by atoms with Crippen molar-refractivity contribution in [3.05, 3.63) is 29.8 Å². The molecular formula is C11H16N2O2. The normalized spacial score (nSPS) is 9.80. The molecule has 0 aliphatic carbocycles. The first-order valence-corrected chi connectivity index (χ1v) is 4.77. The van der Waals surface area contributed by atoms with E-state index in [0.29, 0.717) is 12.8 Å². The number of aryl methyl sites for hydroxylation is 1. The van der Waals surface area contributed by atoms with Crippen LogP contribution in [0, 0.1) is 0 Å². The zero-order valence-electron chi connectivity index (χ0n) is 9.06. The fraction of sp³-hybridized carbons (Fsp3) is 0.364. The van der Waals surface area contributed by atoms with Crippen molar-refractivity contribution in [3.8, 4) is 5.75 Å². The molecule has 4 heteroatoms. The molecule has 1 aromatic rings. The maximum Gasteiger partial charge on any atom is 0.236 e. The Morgan fingerprint density at radius 3 is 2.87 bits per heavy atom. The Morgan fingerprint density at radius 2 is 2.27 bits per heavy atom. The number of carbonyl (C=O) groups is 1. The molecule has 1 aromatic carbocycles. The van der Waals surface area contributed by atoms with Crippen LogP contribution in [0.1, 0.15) is 12.0 Å². The predicted molar refractivity (Wildman–Crippen MR) is 58.3 cm³/mol. The van der Waals surface area contributed by atoms with Crippen LogP contribution in [0.5, 0.6) is 5.75 Å². The van der Waals surface area contributed by atoms with Crippen LogP contribution < -0.4 is 10.6 Å². The Morgan fingerprint density at radius 1 is 1.53 bits per heavy atom. The number of carbonyl (C=O) groups excluding carboxylic acids is 1. The summed E-state index contributed by atoms with van der Waals surface area (Å²) in [5.74, 6) is 6.05. The molecule has 4 nitrogen and oxygen atoms in total. The van der Waals surface area contributed by atoms with Gasteiger partial charge in [-0.2, -0.15) is 0 Å². The van der Waals surface area contributed by atoms with Crippen molar-refractivity contribution in [3.63, 3.8) is 0 Å². The smallest absolute Gasteiger partial charge is 0.236 e. The Hall–Kier alpha value is -1.55. The highest BCUT2D eigenvalue weighted by Crippen LogP contribution is 2.13. The van der Waals surface area contributed by atoms with Gasteiger partial charge < -0.3 is 4.74 Å². The molecule has 0 saturated carbocycles. The fourth-order valence-electron chi connectivity index (χ4n) is 1.26. The van der Waals surface area contributed by atoms with Crippen molar-refractivity contribution in [1.82, 2.24) is 5.01 Å². The second kappa shape index (κ2) is 5.36. The highest BCUT2D eigenvalue weighted by atomic mass is 16.5. The van der Waals surface area contributed by atoms with E-state index in [-0.39, 0.29) is 5.91 Å².